The summed E-state index contributed by atoms with van der Waals surface area (Å²) in [6.07, 6.45) is 4.76. The molecule has 0 bridgehead atoms. The number of hydrogen-bond acceptors (Lipinski definition) is 3. The Hall–Kier alpha value is -0.610. The van der Waals surface area contributed by atoms with Gasteiger partial charge < -0.3 is 15.4 Å². The summed E-state index contributed by atoms with van der Waals surface area (Å²) >= 11 is 12.5. The average molecular weight is 392 g/mol. The predicted molar refractivity (Wildman–Crippen MR) is 104 cm³/mol. The summed E-state index contributed by atoms with van der Waals surface area (Å²) in [7, 11) is 0. The standard InChI is InChI=1S/C18H24Cl2N2O.ClH/c1-2-3-6-23-18-14-8-16(20)15(19)7-13(14)11-22(17(18)9-21)10-12-4-5-12;/h7-8,12H,2-6,9-11,21H2,1H3;1H. The van der Waals surface area contributed by atoms with Crippen molar-refractivity contribution in [3.63, 3.8) is 0 Å². The fourth-order valence-electron chi connectivity index (χ4n) is 3.02. The van der Waals surface area contributed by atoms with Gasteiger partial charge in [0.25, 0.3) is 0 Å². The summed E-state index contributed by atoms with van der Waals surface area (Å²) in [5.41, 5.74) is 9.38. The van der Waals surface area contributed by atoms with Crippen molar-refractivity contribution in [2.45, 2.75) is 39.2 Å². The van der Waals surface area contributed by atoms with Gasteiger partial charge in [-0.05, 0) is 42.9 Å². The highest BCUT2D eigenvalue weighted by atomic mass is 35.5. The van der Waals surface area contributed by atoms with E-state index in [1.807, 2.05) is 12.1 Å². The lowest BCUT2D eigenvalue weighted by molar-refractivity contribution is 0.238. The molecule has 0 aromatic heterocycles. The minimum absolute atomic E-state index is 0. The van der Waals surface area contributed by atoms with Crippen LogP contribution in [0.4, 0.5) is 0 Å². The van der Waals surface area contributed by atoms with E-state index in [-0.39, 0.29) is 12.4 Å². The molecule has 1 fully saturated rings. The van der Waals surface area contributed by atoms with E-state index in [0.29, 0.717) is 23.2 Å². The van der Waals surface area contributed by atoms with Crippen molar-refractivity contribution in [1.29, 1.82) is 0 Å². The van der Waals surface area contributed by atoms with Gasteiger partial charge in [0.15, 0.2) is 0 Å². The van der Waals surface area contributed by atoms with E-state index >= 15 is 0 Å². The molecule has 1 aliphatic carbocycles. The first-order valence-electron chi connectivity index (χ1n) is 8.43. The first-order chi connectivity index (χ1) is 11.1. The number of nitrogens with two attached hydrogens (primary N) is 1. The number of halogens is 3. The van der Waals surface area contributed by atoms with E-state index in [0.717, 1.165) is 48.9 Å². The summed E-state index contributed by atoms with van der Waals surface area (Å²) in [6, 6.07) is 3.89. The van der Waals surface area contributed by atoms with Gasteiger partial charge in [-0.1, -0.05) is 36.5 Å². The van der Waals surface area contributed by atoms with Crippen LogP contribution in [0.2, 0.25) is 10.0 Å². The van der Waals surface area contributed by atoms with E-state index in [4.69, 9.17) is 33.7 Å². The van der Waals surface area contributed by atoms with Gasteiger partial charge in [-0.15, -0.1) is 12.4 Å². The van der Waals surface area contributed by atoms with Crippen LogP contribution in [-0.2, 0) is 11.3 Å². The predicted octanol–water partition coefficient (Wildman–Crippen LogP) is 5.08. The molecule has 3 rings (SSSR count). The van der Waals surface area contributed by atoms with Gasteiger partial charge in [0.1, 0.15) is 5.76 Å². The lowest BCUT2D eigenvalue weighted by Gasteiger charge is -2.35. The fraction of sp³-hybridized carbons (Fsp3) is 0.556. The SMILES string of the molecule is CCCCOC1=C(CN)N(CC2CC2)Cc2cc(Cl)c(Cl)cc21.Cl. The van der Waals surface area contributed by atoms with Crippen molar-refractivity contribution in [1.82, 2.24) is 4.90 Å². The van der Waals surface area contributed by atoms with Crippen LogP contribution in [0.15, 0.2) is 17.8 Å². The van der Waals surface area contributed by atoms with Crippen LogP contribution in [0.3, 0.4) is 0 Å². The van der Waals surface area contributed by atoms with Gasteiger partial charge >= 0.3 is 0 Å². The first-order valence-corrected chi connectivity index (χ1v) is 9.18. The van der Waals surface area contributed by atoms with E-state index in [9.17, 15) is 0 Å². The Morgan fingerprint density at radius 1 is 1.25 bits per heavy atom. The molecule has 0 saturated heterocycles. The molecule has 24 heavy (non-hydrogen) atoms. The number of benzene rings is 1. The van der Waals surface area contributed by atoms with Gasteiger partial charge in [-0.2, -0.15) is 0 Å². The molecule has 0 spiro atoms. The van der Waals surface area contributed by atoms with Gasteiger partial charge in [0.05, 0.1) is 22.3 Å². The van der Waals surface area contributed by atoms with Crippen LogP contribution in [0.1, 0.15) is 43.7 Å². The third-order valence-corrected chi connectivity index (χ3v) is 5.23. The third kappa shape index (κ3) is 4.32. The van der Waals surface area contributed by atoms with Crippen molar-refractivity contribution in [2.75, 3.05) is 19.7 Å². The minimum atomic E-state index is 0. The van der Waals surface area contributed by atoms with E-state index < -0.39 is 0 Å². The molecule has 1 saturated carbocycles. The van der Waals surface area contributed by atoms with Gasteiger partial charge in [0.2, 0.25) is 0 Å². The van der Waals surface area contributed by atoms with Crippen LogP contribution in [0.25, 0.3) is 5.76 Å². The molecular formula is C18H25Cl3N2O. The summed E-state index contributed by atoms with van der Waals surface area (Å²) < 4.78 is 6.14. The zero-order valence-corrected chi connectivity index (χ0v) is 16.3. The molecule has 3 nitrogen and oxygen atoms in total. The average Bonchev–Trinajstić information content (AvgIpc) is 3.33. The van der Waals surface area contributed by atoms with Crippen molar-refractivity contribution >= 4 is 41.4 Å². The Morgan fingerprint density at radius 3 is 2.58 bits per heavy atom. The second kappa shape index (κ2) is 8.66. The quantitative estimate of drug-likeness (QED) is 0.658. The fourth-order valence-corrected chi connectivity index (χ4v) is 3.37. The Balaban J connectivity index is 0.00000208. The Labute approximate surface area is 160 Å². The molecule has 1 aliphatic heterocycles. The highest BCUT2D eigenvalue weighted by Crippen LogP contribution is 2.39. The molecule has 2 aliphatic rings. The van der Waals surface area contributed by atoms with Crippen LogP contribution >= 0.6 is 35.6 Å². The number of unbranched alkanes of at least 4 members (excludes halogenated alkanes) is 1. The lowest BCUT2D eigenvalue weighted by atomic mass is 9.98. The number of fused-ring (bicyclic) bond motifs is 1. The monoisotopic (exact) mass is 390 g/mol. The molecule has 0 radical (unpaired) electrons. The van der Waals surface area contributed by atoms with Crippen LogP contribution in [-0.4, -0.2) is 24.6 Å². The number of ether oxygens (including phenoxy) is 1. The molecule has 1 aromatic rings. The summed E-state index contributed by atoms with van der Waals surface area (Å²) in [5.74, 6) is 1.68. The van der Waals surface area contributed by atoms with Gasteiger partial charge in [-0.3, -0.25) is 0 Å². The highest BCUT2D eigenvalue weighted by molar-refractivity contribution is 6.42. The maximum atomic E-state index is 6.24. The molecule has 0 atom stereocenters. The summed E-state index contributed by atoms with van der Waals surface area (Å²) in [6.45, 7) is 5.22. The number of rotatable bonds is 7. The largest absolute Gasteiger partial charge is 0.491 e. The Bertz CT molecular complexity index is 615. The maximum Gasteiger partial charge on any atom is 0.147 e. The summed E-state index contributed by atoms with van der Waals surface area (Å²) in [5, 5.41) is 1.16. The van der Waals surface area contributed by atoms with Gasteiger partial charge in [0, 0.05) is 25.2 Å². The molecule has 1 heterocycles. The van der Waals surface area contributed by atoms with Crippen molar-refractivity contribution in [3.05, 3.63) is 39.0 Å². The minimum Gasteiger partial charge on any atom is -0.491 e. The normalized spacial score (nSPS) is 16.8. The van der Waals surface area contributed by atoms with Gasteiger partial charge in [-0.25, -0.2) is 0 Å². The second-order valence-corrected chi connectivity index (χ2v) is 7.24. The molecule has 134 valence electrons. The topological polar surface area (TPSA) is 38.5 Å². The van der Waals surface area contributed by atoms with Crippen molar-refractivity contribution in [3.8, 4) is 0 Å². The zero-order valence-electron chi connectivity index (χ0n) is 14.0. The summed E-state index contributed by atoms with van der Waals surface area (Å²) in [4.78, 5) is 2.37. The Morgan fingerprint density at radius 2 is 1.96 bits per heavy atom. The molecule has 0 amide bonds. The van der Waals surface area contributed by atoms with E-state index in [2.05, 4.69) is 11.8 Å². The maximum absolute atomic E-state index is 6.24. The van der Waals surface area contributed by atoms with Crippen LogP contribution < -0.4 is 5.73 Å². The van der Waals surface area contributed by atoms with Crippen molar-refractivity contribution in [2.24, 2.45) is 11.7 Å². The number of nitrogens with zero attached hydrogens (tertiary/aromatic N) is 1. The molecule has 6 heteroatoms. The van der Waals surface area contributed by atoms with Crippen LogP contribution in [0, 0.1) is 5.92 Å². The number of hydrogen-bond donors (Lipinski definition) is 1. The smallest absolute Gasteiger partial charge is 0.147 e. The second-order valence-electron chi connectivity index (χ2n) is 6.43. The first kappa shape index (κ1) is 19.7. The van der Waals surface area contributed by atoms with Crippen molar-refractivity contribution < 1.29 is 4.74 Å². The molecule has 0 unspecified atom stereocenters. The van der Waals surface area contributed by atoms with E-state index in [1.54, 1.807) is 0 Å². The zero-order chi connectivity index (χ0) is 16.4. The third-order valence-electron chi connectivity index (χ3n) is 4.51. The van der Waals surface area contributed by atoms with Crippen LogP contribution in [0.5, 0.6) is 0 Å². The molecule has 1 aromatic carbocycles. The Kier molecular flexibility index (Phi) is 7.11. The lowest BCUT2D eigenvalue weighted by Crippen LogP contribution is -2.34. The molecular weight excluding hydrogens is 367 g/mol. The molecule has 2 N–H and O–H groups in total. The highest BCUT2D eigenvalue weighted by Gasteiger charge is 2.31. The van der Waals surface area contributed by atoms with E-state index in [1.165, 1.54) is 18.4 Å².